The number of hydrogen-bond acceptors (Lipinski definition) is 7. The summed E-state index contributed by atoms with van der Waals surface area (Å²) in [5.74, 6) is 3.58. The first-order valence-corrected chi connectivity index (χ1v) is 9.99. The number of hydrogen-bond donors (Lipinski definition) is 1. The summed E-state index contributed by atoms with van der Waals surface area (Å²) in [6.45, 7) is 7.09. The quantitative estimate of drug-likeness (QED) is 0.836. The van der Waals surface area contributed by atoms with E-state index in [1.54, 1.807) is 6.07 Å². The SMILES string of the molecule is Cc1cc(C(=O)N2CC3CN(Cc4nc(C5CC5)no4)CC3(CO)C2)c(C)o1. The van der Waals surface area contributed by atoms with Crippen molar-refractivity contribution < 1.29 is 18.8 Å². The topological polar surface area (TPSA) is 95.8 Å². The number of aliphatic hydroxyl groups is 1. The molecule has 0 aromatic carbocycles. The van der Waals surface area contributed by atoms with Gasteiger partial charge in [0.15, 0.2) is 5.82 Å². The second kappa shape index (κ2) is 6.42. The maximum absolute atomic E-state index is 13.0. The molecule has 0 spiro atoms. The molecule has 2 aliphatic heterocycles. The summed E-state index contributed by atoms with van der Waals surface area (Å²) < 4.78 is 10.9. The number of furan rings is 1. The average Bonchev–Trinajstić information content (AvgIpc) is 2.99. The standard InChI is InChI=1S/C20H26N4O4/c1-12-5-16(13(2)27-12)19(26)24-7-15-6-23(9-20(15,10-24)11-25)8-17-21-18(22-28-17)14-3-4-14/h5,14-15,25H,3-4,6-11H2,1-2H3. The Morgan fingerprint density at radius 3 is 2.79 bits per heavy atom. The fourth-order valence-electron chi connectivity index (χ4n) is 4.83. The number of amides is 1. The van der Waals surface area contributed by atoms with Gasteiger partial charge in [0, 0.05) is 37.5 Å². The van der Waals surface area contributed by atoms with Crippen LogP contribution < -0.4 is 0 Å². The molecule has 28 heavy (non-hydrogen) atoms. The Balaban J connectivity index is 1.26. The molecule has 8 nitrogen and oxygen atoms in total. The summed E-state index contributed by atoms with van der Waals surface area (Å²) in [6, 6.07) is 1.80. The lowest BCUT2D eigenvalue weighted by Gasteiger charge is -2.27. The highest BCUT2D eigenvalue weighted by Gasteiger charge is 2.53. The number of carbonyl (C=O) groups excluding carboxylic acids is 1. The smallest absolute Gasteiger partial charge is 0.257 e. The fourth-order valence-corrected chi connectivity index (χ4v) is 4.83. The molecular formula is C20H26N4O4. The van der Waals surface area contributed by atoms with E-state index in [-0.39, 0.29) is 23.8 Å². The molecular weight excluding hydrogens is 360 g/mol. The van der Waals surface area contributed by atoms with Gasteiger partial charge in [0.05, 0.1) is 18.7 Å². The van der Waals surface area contributed by atoms with E-state index in [0.29, 0.717) is 42.8 Å². The molecule has 1 amide bonds. The largest absolute Gasteiger partial charge is 0.466 e. The summed E-state index contributed by atoms with van der Waals surface area (Å²) in [5.41, 5.74) is 0.336. The van der Waals surface area contributed by atoms with Crippen molar-refractivity contribution in [2.45, 2.75) is 39.2 Å². The third-order valence-corrected chi connectivity index (χ3v) is 6.49. The summed E-state index contributed by atoms with van der Waals surface area (Å²) >= 11 is 0. The van der Waals surface area contributed by atoms with Crippen LogP contribution in [0, 0.1) is 25.2 Å². The molecule has 2 aromatic heterocycles. The van der Waals surface area contributed by atoms with Crippen LogP contribution in [0.1, 0.15) is 52.4 Å². The van der Waals surface area contributed by atoms with Crippen LogP contribution in [0.15, 0.2) is 15.0 Å². The molecule has 0 radical (unpaired) electrons. The average molecular weight is 386 g/mol. The summed E-state index contributed by atoms with van der Waals surface area (Å²) in [5, 5.41) is 14.3. The molecule has 8 heteroatoms. The molecule has 4 heterocycles. The molecule has 2 unspecified atom stereocenters. The van der Waals surface area contributed by atoms with Gasteiger partial charge in [0.2, 0.25) is 5.89 Å². The van der Waals surface area contributed by atoms with Crippen LogP contribution in [0.4, 0.5) is 0 Å². The van der Waals surface area contributed by atoms with Crippen LogP contribution >= 0.6 is 0 Å². The Hall–Kier alpha value is -2.19. The van der Waals surface area contributed by atoms with Crippen molar-refractivity contribution in [3.8, 4) is 0 Å². The molecule has 3 aliphatic rings. The molecule has 1 aliphatic carbocycles. The van der Waals surface area contributed by atoms with Crippen LogP contribution in [-0.4, -0.2) is 63.7 Å². The van der Waals surface area contributed by atoms with Crippen LogP contribution in [0.2, 0.25) is 0 Å². The summed E-state index contributed by atoms with van der Waals surface area (Å²) in [4.78, 5) is 21.6. The molecule has 1 saturated carbocycles. The highest BCUT2D eigenvalue weighted by atomic mass is 16.5. The number of nitrogens with zero attached hydrogens (tertiary/aromatic N) is 4. The van der Waals surface area contributed by atoms with Gasteiger partial charge in [-0.1, -0.05) is 5.16 Å². The van der Waals surface area contributed by atoms with Crippen LogP contribution in [0.5, 0.6) is 0 Å². The van der Waals surface area contributed by atoms with Crippen LogP contribution in [-0.2, 0) is 6.54 Å². The zero-order valence-electron chi connectivity index (χ0n) is 16.3. The monoisotopic (exact) mass is 386 g/mol. The van der Waals surface area contributed by atoms with E-state index in [1.165, 1.54) is 0 Å². The minimum atomic E-state index is -0.290. The lowest BCUT2D eigenvalue weighted by Crippen LogP contribution is -2.38. The lowest BCUT2D eigenvalue weighted by atomic mass is 9.82. The third kappa shape index (κ3) is 2.95. The second-order valence-electron chi connectivity index (χ2n) is 8.72. The van der Waals surface area contributed by atoms with Gasteiger partial charge in [-0.25, -0.2) is 0 Å². The number of carbonyl (C=O) groups is 1. The fraction of sp³-hybridized carbons (Fsp3) is 0.650. The Bertz CT molecular complexity index is 902. The van der Waals surface area contributed by atoms with E-state index in [0.717, 1.165) is 37.5 Å². The molecule has 2 atom stereocenters. The van der Waals surface area contributed by atoms with Gasteiger partial charge in [-0.2, -0.15) is 4.98 Å². The first-order valence-electron chi connectivity index (χ1n) is 9.99. The van der Waals surface area contributed by atoms with E-state index >= 15 is 0 Å². The third-order valence-electron chi connectivity index (χ3n) is 6.49. The Morgan fingerprint density at radius 1 is 1.32 bits per heavy atom. The molecule has 3 fully saturated rings. The van der Waals surface area contributed by atoms with Gasteiger partial charge in [-0.3, -0.25) is 9.69 Å². The van der Waals surface area contributed by atoms with Crippen molar-refractivity contribution in [1.29, 1.82) is 0 Å². The van der Waals surface area contributed by atoms with E-state index in [1.807, 2.05) is 18.7 Å². The molecule has 2 aromatic rings. The number of aryl methyl sites for hydroxylation is 2. The first kappa shape index (κ1) is 17.9. The maximum atomic E-state index is 13.0. The van der Waals surface area contributed by atoms with Gasteiger partial charge in [-0.15, -0.1) is 0 Å². The lowest BCUT2D eigenvalue weighted by molar-refractivity contribution is 0.0713. The van der Waals surface area contributed by atoms with Crippen molar-refractivity contribution in [2.75, 3.05) is 32.8 Å². The van der Waals surface area contributed by atoms with Crippen molar-refractivity contribution in [3.63, 3.8) is 0 Å². The zero-order valence-corrected chi connectivity index (χ0v) is 16.3. The number of rotatable bonds is 5. The van der Waals surface area contributed by atoms with Gasteiger partial charge in [0.25, 0.3) is 5.91 Å². The predicted octanol–water partition coefficient (Wildman–Crippen LogP) is 1.72. The first-order chi connectivity index (χ1) is 13.5. The van der Waals surface area contributed by atoms with Gasteiger partial charge in [0.1, 0.15) is 11.5 Å². The number of aliphatic hydroxyl groups excluding tert-OH is 1. The van der Waals surface area contributed by atoms with Crippen molar-refractivity contribution in [2.24, 2.45) is 11.3 Å². The van der Waals surface area contributed by atoms with Crippen molar-refractivity contribution in [3.05, 3.63) is 34.9 Å². The number of fused-ring (bicyclic) bond motifs is 1. The molecule has 0 bridgehead atoms. The van der Waals surface area contributed by atoms with E-state index in [2.05, 4.69) is 15.0 Å². The van der Waals surface area contributed by atoms with Gasteiger partial charge >= 0.3 is 0 Å². The van der Waals surface area contributed by atoms with Crippen LogP contribution in [0.3, 0.4) is 0 Å². The second-order valence-corrected chi connectivity index (χ2v) is 8.72. The van der Waals surface area contributed by atoms with E-state index in [9.17, 15) is 9.90 Å². The molecule has 150 valence electrons. The molecule has 5 rings (SSSR count). The minimum Gasteiger partial charge on any atom is -0.466 e. The van der Waals surface area contributed by atoms with Crippen LogP contribution in [0.25, 0.3) is 0 Å². The summed E-state index contributed by atoms with van der Waals surface area (Å²) in [6.07, 6.45) is 2.30. The zero-order chi connectivity index (χ0) is 19.5. The highest BCUT2D eigenvalue weighted by Crippen LogP contribution is 2.43. The summed E-state index contributed by atoms with van der Waals surface area (Å²) in [7, 11) is 0. The minimum absolute atomic E-state index is 0.00546. The number of aromatic nitrogens is 2. The van der Waals surface area contributed by atoms with E-state index in [4.69, 9.17) is 8.94 Å². The Labute approximate surface area is 163 Å². The molecule has 1 N–H and O–H groups in total. The Kier molecular flexibility index (Phi) is 4.10. The normalized spacial score (nSPS) is 27.5. The number of likely N-dealkylation sites (tertiary alicyclic amines) is 2. The van der Waals surface area contributed by atoms with Gasteiger partial charge < -0.3 is 18.9 Å². The van der Waals surface area contributed by atoms with Gasteiger partial charge in [-0.05, 0) is 38.7 Å². The Morgan fingerprint density at radius 2 is 2.14 bits per heavy atom. The van der Waals surface area contributed by atoms with Crippen molar-refractivity contribution >= 4 is 5.91 Å². The highest BCUT2D eigenvalue weighted by molar-refractivity contribution is 5.95. The van der Waals surface area contributed by atoms with Crippen molar-refractivity contribution in [1.82, 2.24) is 19.9 Å². The maximum Gasteiger partial charge on any atom is 0.257 e. The predicted molar refractivity (Wildman–Crippen MR) is 98.6 cm³/mol. The molecule has 2 saturated heterocycles. The van der Waals surface area contributed by atoms with E-state index < -0.39 is 0 Å².